The Balaban J connectivity index is 0.00000158. The van der Waals surface area contributed by atoms with Gasteiger partial charge in [-0.15, -0.1) is 0 Å². The summed E-state index contributed by atoms with van der Waals surface area (Å²) in [6, 6.07) is 10.2. The summed E-state index contributed by atoms with van der Waals surface area (Å²) in [6.07, 6.45) is 4.64. The van der Waals surface area contributed by atoms with E-state index in [1.807, 2.05) is 13.8 Å². The number of fused-ring (bicyclic) bond motifs is 1. The number of aryl methyl sites for hydroxylation is 2. The van der Waals surface area contributed by atoms with E-state index in [1.165, 1.54) is 24.0 Å². The number of rotatable bonds is 5. The number of para-hydroxylation sites is 1. The number of ether oxygens (including phenoxy) is 1. The third-order valence-corrected chi connectivity index (χ3v) is 6.79. The molecule has 1 fully saturated rings. The smallest absolute Gasteiger partial charge is 0.358 e. The van der Waals surface area contributed by atoms with Crippen LogP contribution >= 0.6 is 0 Å². The number of hydrogen-bond acceptors (Lipinski definition) is 5. The minimum absolute atomic E-state index is 0.289. The van der Waals surface area contributed by atoms with Crippen LogP contribution in [0.2, 0.25) is 0 Å². The number of carbonyl (C=O) groups is 1. The highest BCUT2D eigenvalue weighted by Crippen LogP contribution is 2.43. The van der Waals surface area contributed by atoms with E-state index in [2.05, 4.69) is 69.0 Å². The normalized spacial score (nSPS) is 15.5. The number of nitrogens with zero attached hydrogens (tertiary/aromatic N) is 4. The maximum atomic E-state index is 12.4. The van der Waals surface area contributed by atoms with Crippen molar-refractivity contribution in [2.24, 2.45) is 5.41 Å². The third kappa shape index (κ3) is 5.26. The Morgan fingerprint density at radius 3 is 2.35 bits per heavy atom. The van der Waals surface area contributed by atoms with E-state index in [0.717, 1.165) is 30.0 Å². The van der Waals surface area contributed by atoms with E-state index in [9.17, 15) is 4.79 Å². The van der Waals surface area contributed by atoms with Gasteiger partial charge in [-0.05, 0) is 63.0 Å². The number of benzene rings is 1. The molecule has 6 heteroatoms. The highest BCUT2D eigenvalue weighted by molar-refractivity contribution is 5.88. The molecule has 0 spiro atoms. The number of aromatic nitrogens is 3. The van der Waals surface area contributed by atoms with Crippen LogP contribution in [0.3, 0.4) is 0 Å². The Labute approximate surface area is 204 Å². The SMILES string of the molecule is CC.CCOC(=O)c1cc2nc(C3CCC(C)(C)CC3)cc(N(C)c3c(C)cccc3C)n2n1. The zero-order chi connectivity index (χ0) is 25.0. The summed E-state index contributed by atoms with van der Waals surface area (Å²) in [5, 5.41) is 4.58. The molecule has 34 heavy (non-hydrogen) atoms. The van der Waals surface area contributed by atoms with Gasteiger partial charge in [-0.25, -0.2) is 9.78 Å². The fraction of sp³-hybridized carbons (Fsp3) is 0.536. The maximum absolute atomic E-state index is 12.4. The molecule has 2 aromatic heterocycles. The molecule has 0 saturated heterocycles. The van der Waals surface area contributed by atoms with Crippen LogP contribution in [0.15, 0.2) is 30.3 Å². The lowest BCUT2D eigenvalue weighted by Gasteiger charge is -2.34. The zero-order valence-electron chi connectivity index (χ0n) is 22.1. The van der Waals surface area contributed by atoms with Crippen molar-refractivity contribution in [3.63, 3.8) is 0 Å². The average Bonchev–Trinajstić information content (AvgIpc) is 3.24. The molecule has 0 unspecified atom stereocenters. The van der Waals surface area contributed by atoms with Gasteiger partial charge in [0, 0.05) is 36.5 Å². The van der Waals surface area contributed by atoms with E-state index < -0.39 is 5.97 Å². The fourth-order valence-electron chi connectivity index (χ4n) is 4.87. The molecule has 1 saturated carbocycles. The Bertz CT molecular complexity index is 1120. The Hall–Kier alpha value is -2.89. The lowest BCUT2D eigenvalue weighted by atomic mass is 9.72. The fourth-order valence-corrected chi connectivity index (χ4v) is 4.87. The quantitative estimate of drug-likeness (QED) is 0.380. The van der Waals surface area contributed by atoms with Crippen molar-refractivity contribution in [3.05, 3.63) is 52.8 Å². The first kappa shape index (κ1) is 25.7. The number of esters is 1. The first-order valence-corrected chi connectivity index (χ1v) is 12.6. The molecule has 0 atom stereocenters. The van der Waals surface area contributed by atoms with Gasteiger partial charge in [-0.2, -0.15) is 9.61 Å². The van der Waals surface area contributed by atoms with Crippen molar-refractivity contribution in [2.45, 2.75) is 80.1 Å². The van der Waals surface area contributed by atoms with Crippen LogP contribution in [0.25, 0.3) is 5.65 Å². The van der Waals surface area contributed by atoms with Crippen LogP contribution in [0, 0.1) is 19.3 Å². The van der Waals surface area contributed by atoms with Crippen molar-refractivity contribution < 1.29 is 9.53 Å². The Morgan fingerprint density at radius 2 is 1.76 bits per heavy atom. The number of anilines is 2. The second kappa shape index (κ2) is 10.6. The van der Waals surface area contributed by atoms with Gasteiger partial charge in [0.1, 0.15) is 5.82 Å². The molecule has 0 radical (unpaired) electrons. The molecule has 1 aliphatic rings. The van der Waals surface area contributed by atoms with E-state index in [4.69, 9.17) is 9.72 Å². The maximum Gasteiger partial charge on any atom is 0.358 e. The van der Waals surface area contributed by atoms with Crippen LogP contribution in [0.5, 0.6) is 0 Å². The molecule has 4 rings (SSSR count). The predicted octanol–water partition coefficient (Wildman–Crippen LogP) is 7.00. The van der Waals surface area contributed by atoms with Gasteiger partial charge in [0.05, 0.1) is 6.61 Å². The van der Waals surface area contributed by atoms with E-state index in [0.29, 0.717) is 23.6 Å². The van der Waals surface area contributed by atoms with Gasteiger partial charge in [-0.1, -0.05) is 45.9 Å². The highest BCUT2D eigenvalue weighted by atomic mass is 16.5. The van der Waals surface area contributed by atoms with Crippen molar-refractivity contribution in [3.8, 4) is 0 Å². The van der Waals surface area contributed by atoms with Crippen molar-refractivity contribution in [2.75, 3.05) is 18.6 Å². The predicted molar refractivity (Wildman–Crippen MR) is 139 cm³/mol. The number of hydrogen-bond donors (Lipinski definition) is 0. The minimum Gasteiger partial charge on any atom is -0.461 e. The first-order valence-electron chi connectivity index (χ1n) is 12.6. The summed E-state index contributed by atoms with van der Waals surface area (Å²) in [4.78, 5) is 19.5. The summed E-state index contributed by atoms with van der Waals surface area (Å²) in [6.45, 7) is 15.1. The number of carbonyl (C=O) groups excluding carboxylic acids is 1. The van der Waals surface area contributed by atoms with Gasteiger partial charge < -0.3 is 9.64 Å². The highest BCUT2D eigenvalue weighted by Gasteiger charge is 2.30. The summed E-state index contributed by atoms with van der Waals surface area (Å²) in [5.41, 5.74) is 5.97. The van der Waals surface area contributed by atoms with Crippen molar-refractivity contribution in [1.29, 1.82) is 0 Å². The molecule has 184 valence electrons. The topological polar surface area (TPSA) is 59.7 Å². The van der Waals surface area contributed by atoms with Gasteiger partial charge in [0.2, 0.25) is 0 Å². The minimum atomic E-state index is -0.417. The largest absolute Gasteiger partial charge is 0.461 e. The van der Waals surface area contributed by atoms with Crippen LogP contribution in [0.1, 0.15) is 93.5 Å². The molecule has 1 aliphatic carbocycles. The van der Waals surface area contributed by atoms with Crippen LogP contribution < -0.4 is 4.90 Å². The third-order valence-electron chi connectivity index (χ3n) is 6.79. The summed E-state index contributed by atoms with van der Waals surface area (Å²) >= 11 is 0. The van der Waals surface area contributed by atoms with Crippen LogP contribution in [-0.2, 0) is 4.74 Å². The zero-order valence-corrected chi connectivity index (χ0v) is 22.1. The molecule has 0 aliphatic heterocycles. The molecule has 1 aromatic carbocycles. The van der Waals surface area contributed by atoms with Gasteiger partial charge >= 0.3 is 5.97 Å². The molecular weight excluding hydrogens is 424 g/mol. The molecular formula is C28H40N4O2. The second-order valence-corrected chi connectivity index (χ2v) is 9.80. The van der Waals surface area contributed by atoms with Crippen LogP contribution in [0.4, 0.5) is 11.5 Å². The standard InChI is InChI=1S/C26H34N4O2.C2H6/c1-7-32-25(31)21-15-22-27-20(19-11-13-26(4,5)14-12-19)16-23(30(22)28-21)29(6)24-17(2)9-8-10-18(24)3;1-2/h8-10,15-16,19H,7,11-14H2,1-6H3;1-2H3. The van der Waals surface area contributed by atoms with Crippen molar-refractivity contribution >= 4 is 23.1 Å². The molecule has 0 N–H and O–H groups in total. The first-order chi connectivity index (χ1) is 16.2. The molecule has 0 amide bonds. The van der Waals surface area contributed by atoms with Crippen molar-refractivity contribution in [1.82, 2.24) is 14.6 Å². The molecule has 2 heterocycles. The van der Waals surface area contributed by atoms with Gasteiger partial charge in [-0.3, -0.25) is 0 Å². The lowest BCUT2D eigenvalue weighted by Crippen LogP contribution is -2.22. The van der Waals surface area contributed by atoms with E-state index in [-0.39, 0.29) is 5.69 Å². The summed E-state index contributed by atoms with van der Waals surface area (Å²) in [7, 11) is 2.06. The van der Waals surface area contributed by atoms with Crippen LogP contribution in [-0.4, -0.2) is 34.2 Å². The van der Waals surface area contributed by atoms with E-state index in [1.54, 1.807) is 17.5 Å². The Morgan fingerprint density at radius 1 is 1.15 bits per heavy atom. The summed E-state index contributed by atoms with van der Waals surface area (Å²) < 4.78 is 6.97. The Kier molecular flexibility index (Phi) is 8.01. The monoisotopic (exact) mass is 464 g/mol. The molecule has 3 aromatic rings. The molecule has 6 nitrogen and oxygen atoms in total. The second-order valence-electron chi connectivity index (χ2n) is 9.80. The van der Waals surface area contributed by atoms with E-state index >= 15 is 0 Å². The summed E-state index contributed by atoms with van der Waals surface area (Å²) in [5.74, 6) is 0.904. The van der Waals surface area contributed by atoms with Gasteiger partial charge in [0.25, 0.3) is 0 Å². The lowest BCUT2D eigenvalue weighted by molar-refractivity contribution is 0.0519. The van der Waals surface area contributed by atoms with Gasteiger partial charge in [0.15, 0.2) is 11.3 Å². The average molecular weight is 465 g/mol. The molecule has 0 bridgehead atoms.